The molecule has 2 saturated carbocycles. The summed E-state index contributed by atoms with van der Waals surface area (Å²) >= 11 is 0. The van der Waals surface area contributed by atoms with Gasteiger partial charge >= 0.3 is 0 Å². The van der Waals surface area contributed by atoms with Gasteiger partial charge in [0, 0.05) is 18.6 Å². The van der Waals surface area contributed by atoms with Crippen LogP contribution in [0.5, 0.6) is 0 Å². The van der Waals surface area contributed by atoms with Crippen LogP contribution in [0.4, 0.5) is 0 Å². The molecule has 0 atom stereocenters. The lowest BCUT2D eigenvalue weighted by Crippen LogP contribution is -2.59. The first kappa shape index (κ1) is 17.2. The van der Waals surface area contributed by atoms with Gasteiger partial charge in [-0.1, -0.05) is 45.4 Å². The van der Waals surface area contributed by atoms with Gasteiger partial charge in [0.1, 0.15) is 0 Å². The predicted octanol–water partition coefficient (Wildman–Crippen LogP) is 3.02. The van der Waals surface area contributed by atoms with Gasteiger partial charge in [0.25, 0.3) is 0 Å². The Morgan fingerprint density at radius 1 is 1.05 bits per heavy atom. The lowest BCUT2D eigenvalue weighted by atomic mass is 9.81. The molecule has 0 bridgehead atoms. The molecule has 0 heterocycles. The van der Waals surface area contributed by atoms with E-state index in [1.165, 1.54) is 12.8 Å². The molecule has 2 N–H and O–H groups in total. The molecule has 124 valence electrons. The normalized spacial score (nSPS) is 24.3. The van der Waals surface area contributed by atoms with E-state index in [1.807, 2.05) is 4.31 Å². The molecule has 0 aromatic rings. The largest absolute Gasteiger partial charge is 0.329 e. The Bertz CT molecular complexity index is 410. The fraction of sp³-hybridized carbons (Fsp3) is 1.00. The highest BCUT2D eigenvalue weighted by Gasteiger charge is 2.45. The molecule has 4 nitrogen and oxygen atoms in total. The maximum atomic E-state index is 13.2. The van der Waals surface area contributed by atoms with Crippen LogP contribution < -0.4 is 5.73 Å². The lowest BCUT2D eigenvalue weighted by Gasteiger charge is -2.46. The Kier molecular flexibility index (Phi) is 6.09. The smallest absolute Gasteiger partial charge is 0.217 e. The first-order valence-corrected chi connectivity index (χ1v) is 10.3. The van der Waals surface area contributed by atoms with E-state index in [-0.39, 0.29) is 10.8 Å². The van der Waals surface area contributed by atoms with Crippen molar-refractivity contribution in [2.24, 2.45) is 5.73 Å². The molecule has 2 aliphatic carbocycles. The summed E-state index contributed by atoms with van der Waals surface area (Å²) in [5.74, 6) is 0. The zero-order valence-electron chi connectivity index (χ0n) is 13.5. The summed E-state index contributed by atoms with van der Waals surface area (Å²) in [5, 5.41) is -0.164. The minimum atomic E-state index is -3.20. The van der Waals surface area contributed by atoms with Crippen LogP contribution in [-0.2, 0) is 10.0 Å². The maximum absolute atomic E-state index is 13.2. The topological polar surface area (TPSA) is 63.4 Å². The molecular weight excluding hydrogens is 284 g/mol. The summed E-state index contributed by atoms with van der Waals surface area (Å²) in [6.07, 6.45) is 11.1. The Hall–Kier alpha value is -0.130. The van der Waals surface area contributed by atoms with Crippen molar-refractivity contribution in [1.29, 1.82) is 0 Å². The minimum absolute atomic E-state index is 0.164. The van der Waals surface area contributed by atoms with E-state index in [0.717, 1.165) is 57.8 Å². The van der Waals surface area contributed by atoms with E-state index in [2.05, 4.69) is 6.92 Å². The first-order valence-electron chi connectivity index (χ1n) is 8.78. The highest BCUT2D eigenvalue weighted by atomic mass is 32.2. The van der Waals surface area contributed by atoms with Crippen LogP contribution >= 0.6 is 0 Å². The second-order valence-corrected chi connectivity index (χ2v) is 9.00. The SMILES string of the molecule is CCCN(C1(CN)CCCCC1)S(=O)(=O)C1CCCCC1. The Morgan fingerprint density at radius 2 is 1.62 bits per heavy atom. The maximum Gasteiger partial charge on any atom is 0.217 e. The van der Waals surface area contributed by atoms with E-state index in [9.17, 15) is 8.42 Å². The van der Waals surface area contributed by atoms with E-state index < -0.39 is 10.0 Å². The van der Waals surface area contributed by atoms with Crippen LogP contribution in [0, 0.1) is 0 Å². The summed E-state index contributed by atoms with van der Waals surface area (Å²) in [7, 11) is -3.20. The third kappa shape index (κ3) is 3.62. The van der Waals surface area contributed by atoms with Gasteiger partial charge in [-0.25, -0.2) is 8.42 Å². The van der Waals surface area contributed by atoms with Crippen molar-refractivity contribution >= 4 is 10.0 Å². The van der Waals surface area contributed by atoms with Crippen LogP contribution in [0.25, 0.3) is 0 Å². The van der Waals surface area contributed by atoms with E-state index in [4.69, 9.17) is 5.73 Å². The van der Waals surface area contributed by atoms with Crippen molar-refractivity contribution in [2.45, 2.75) is 88.3 Å². The van der Waals surface area contributed by atoms with Crippen molar-refractivity contribution in [3.63, 3.8) is 0 Å². The van der Waals surface area contributed by atoms with Crippen LogP contribution in [0.2, 0.25) is 0 Å². The van der Waals surface area contributed by atoms with Crippen LogP contribution in [0.15, 0.2) is 0 Å². The van der Waals surface area contributed by atoms with Gasteiger partial charge < -0.3 is 5.73 Å². The average molecular weight is 317 g/mol. The average Bonchev–Trinajstić information content (AvgIpc) is 2.54. The van der Waals surface area contributed by atoms with Crippen molar-refractivity contribution < 1.29 is 8.42 Å². The number of hydrogen-bond donors (Lipinski definition) is 1. The summed E-state index contributed by atoms with van der Waals surface area (Å²) < 4.78 is 28.3. The molecule has 0 unspecified atom stereocenters. The minimum Gasteiger partial charge on any atom is -0.329 e. The highest BCUT2D eigenvalue weighted by molar-refractivity contribution is 7.89. The molecule has 2 rings (SSSR count). The number of rotatable bonds is 6. The van der Waals surface area contributed by atoms with Crippen molar-refractivity contribution in [3.8, 4) is 0 Å². The molecule has 21 heavy (non-hydrogen) atoms. The summed E-state index contributed by atoms with van der Waals surface area (Å²) in [6.45, 7) is 3.17. The molecule has 0 radical (unpaired) electrons. The molecule has 0 aromatic heterocycles. The fourth-order valence-electron chi connectivity index (χ4n) is 4.15. The van der Waals surface area contributed by atoms with Crippen LogP contribution in [0.3, 0.4) is 0 Å². The number of hydrogen-bond acceptors (Lipinski definition) is 3. The first-order chi connectivity index (χ1) is 10.1. The van der Waals surface area contributed by atoms with Gasteiger partial charge in [-0.3, -0.25) is 0 Å². The molecule has 0 spiro atoms. The second-order valence-electron chi connectivity index (χ2n) is 6.87. The zero-order chi connectivity index (χ0) is 15.3. The van der Waals surface area contributed by atoms with Gasteiger partial charge in [-0.05, 0) is 32.1 Å². The molecule has 5 heteroatoms. The molecule has 0 aromatic carbocycles. The monoisotopic (exact) mass is 316 g/mol. The lowest BCUT2D eigenvalue weighted by molar-refractivity contribution is 0.134. The molecule has 0 aliphatic heterocycles. The highest BCUT2D eigenvalue weighted by Crippen LogP contribution is 2.38. The van der Waals surface area contributed by atoms with E-state index in [1.54, 1.807) is 0 Å². The third-order valence-corrected chi connectivity index (χ3v) is 7.90. The summed E-state index contributed by atoms with van der Waals surface area (Å²) in [4.78, 5) is 0. The van der Waals surface area contributed by atoms with Crippen molar-refractivity contribution in [1.82, 2.24) is 4.31 Å². The van der Waals surface area contributed by atoms with Gasteiger partial charge in [0.15, 0.2) is 0 Å². The van der Waals surface area contributed by atoms with Crippen molar-refractivity contribution in [2.75, 3.05) is 13.1 Å². The van der Waals surface area contributed by atoms with Gasteiger partial charge in [-0.15, -0.1) is 0 Å². The summed E-state index contributed by atoms with van der Waals surface area (Å²) in [5.41, 5.74) is 5.79. The molecule has 0 amide bonds. The standard InChI is InChI=1S/C16H32N2O2S/c1-2-13-18(16(14-17)11-7-4-8-12-16)21(19,20)15-9-5-3-6-10-15/h15H,2-14,17H2,1H3. The molecule has 2 aliphatic rings. The predicted molar refractivity (Wildman–Crippen MR) is 87.7 cm³/mol. The second kappa shape index (κ2) is 7.42. The Morgan fingerprint density at radius 3 is 2.14 bits per heavy atom. The Balaban J connectivity index is 2.27. The molecule has 0 saturated heterocycles. The molecule has 2 fully saturated rings. The van der Waals surface area contributed by atoms with Crippen molar-refractivity contribution in [3.05, 3.63) is 0 Å². The van der Waals surface area contributed by atoms with Gasteiger partial charge in [0.05, 0.1) is 5.25 Å². The number of nitrogens with zero attached hydrogens (tertiary/aromatic N) is 1. The van der Waals surface area contributed by atoms with E-state index in [0.29, 0.717) is 13.1 Å². The summed E-state index contributed by atoms with van der Waals surface area (Å²) in [6, 6.07) is 0. The zero-order valence-corrected chi connectivity index (χ0v) is 14.3. The quantitative estimate of drug-likeness (QED) is 0.819. The van der Waals surface area contributed by atoms with Gasteiger partial charge in [-0.2, -0.15) is 4.31 Å². The van der Waals surface area contributed by atoms with Crippen LogP contribution in [-0.4, -0.2) is 36.6 Å². The third-order valence-electron chi connectivity index (χ3n) is 5.40. The van der Waals surface area contributed by atoms with Gasteiger partial charge in [0.2, 0.25) is 10.0 Å². The van der Waals surface area contributed by atoms with E-state index >= 15 is 0 Å². The molecular formula is C16H32N2O2S. The van der Waals surface area contributed by atoms with Crippen LogP contribution in [0.1, 0.15) is 77.6 Å². The number of sulfonamides is 1. The Labute approximate surface area is 130 Å². The fourth-order valence-corrected chi connectivity index (χ4v) is 6.67. The number of nitrogens with two attached hydrogens (primary N) is 1.